The first-order valence-electron chi connectivity index (χ1n) is 8.51. The molecule has 27 heavy (non-hydrogen) atoms. The third-order valence-corrected chi connectivity index (χ3v) is 5.44. The van der Waals surface area contributed by atoms with Crippen molar-refractivity contribution in [3.8, 4) is 0 Å². The first kappa shape index (κ1) is 19.0. The smallest absolute Gasteiger partial charge is 0.342 e. The van der Waals surface area contributed by atoms with E-state index in [1.807, 2.05) is 0 Å². The second-order valence-corrected chi connectivity index (χ2v) is 8.25. The highest BCUT2D eigenvalue weighted by Crippen LogP contribution is 2.32. The van der Waals surface area contributed by atoms with Crippen molar-refractivity contribution in [1.82, 2.24) is 0 Å². The monoisotopic (exact) mass is 387 g/mol. The van der Waals surface area contributed by atoms with Crippen LogP contribution in [0.2, 0.25) is 0 Å². The molecule has 0 fully saturated rings. The summed E-state index contributed by atoms with van der Waals surface area (Å²) in [5.74, 6) is -0.0694. The van der Waals surface area contributed by atoms with E-state index in [1.54, 1.807) is 58.0 Å². The Balaban J connectivity index is 2.07. The van der Waals surface area contributed by atoms with Gasteiger partial charge in [0.2, 0.25) is 0 Å². The third kappa shape index (κ3) is 3.83. The minimum absolute atomic E-state index is 0.160. The van der Waals surface area contributed by atoms with Crippen molar-refractivity contribution < 1.29 is 22.4 Å². The lowest BCUT2D eigenvalue weighted by atomic mass is 10.1. The molecule has 7 heteroatoms. The summed E-state index contributed by atoms with van der Waals surface area (Å²) in [7, 11) is -3.75. The van der Waals surface area contributed by atoms with E-state index in [0.717, 1.165) is 0 Å². The fourth-order valence-corrected chi connectivity index (χ4v) is 3.95. The number of anilines is 1. The SMILES string of the molecule is Cc1cc2oc(C)c(C(=O)OC(C)C)c2cc1NS(=O)(=O)c1ccccc1. The van der Waals surface area contributed by atoms with Gasteiger partial charge >= 0.3 is 5.97 Å². The Labute approximate surface area is 158 Å². The molecule has 0 atom stereocenters. The van der Waals surface area contributed by atoms with E-state index in [-0.39, 0.29) is 11.0 Å². The molecule has 0 spiro atoms. The van der Waals surface area contributed by atoms with Crippen LogP contribution >= 0.6 is 0 Å². The highest BCUT2D eigenvalue weighted by atomic mass is 32.2. The fourth-order valence-electron chi connectivity index (χ4n) is 2.81. The van der Waals surface area contributed by atoms with Crippen LogP contribution in [0.5, 0.6) is 0 Å². The van der Waals surface area contributed by atoms with Crippen molar-refractivity contribution in [3.63, 3.8) is 0 Å². The minimum Gasteiger partial charge on any atom is -0.460 e. The van der Waals surface area contributed by atoms with Crippen LogP contribution in [0.15, 0.2) is 51.8 Å². The summed E-state index contributed by atoms with van der Waals surface area (Å²) < 4.78 is 38.8. The van der Waals surface area contributed by atoms with Gasteiger partial charge in [0.1, 0.15) is 16.9 Å². The molecule has 0 aliphatic carbocycles. The van der Waals surface area contributed by atoms with Crippen LogP contribution in [0.1, 0.15) is 35.5 Å². The molecule has 3 aromatic rings. The Morgan fingerprint density at radius 2 is 1.78 bits per heavy atom. The molecule has 1 aromatic heterocycles. The molecular formula is C20H21NO5S. The number of hydrogen-bond donors (Lipinski definition) is 1. The van der Waals surface area contributed by atoms with E-state index in [1.165, 1.54) is 12.1 Å². The topological polar surface area (TPSA) is 85.6 Å². The maximum atomic E-state index is 12.6. The lowest BCUT2D eigenvalue weighted by Gasteiger charge is -2.11. The standard InChI is InChI=1S/C20H21NO5S/c1-12(2)25-20(22)19-14(4)26-18-10-13(3)17(11-16(18)19)21-27(23,24)15-8-6-5-7-9-15/h5-12,21H,1-4H3. The van der Waals surface area contributed by atoms with Crippen molar-refractivity contribution in [3.05, 3.63) is 59.4 Å². The lowest BCUT2D eigenvalue weighted by Crippen LogP contribution is -2.14. The summed E-state index contributed by atoms with van der Waals surface area (Å²) >= 11 is 0. The maximum Gasteiger partial charge on any atom is 0.342 e. The molecule has 6 nitrogen and oxygen atoms in total. The Morgan fingerprint density at radius 3 is 2.41 bits per heavy atom. The number of esters is 1. The lowest BCUT2D eigenvalue weighted by molar-refractivity contribution is 0.0378. The molecular weight excluding hydrogens is 366 g/mol. The van der Waals surface area contributed by atoms with E-state index < -0.39 is 16.0 Å². The van der Waals surface area contributed by atoms with Crippen LogP contribution in [-0.2, 0) is 14.8 Å². The first-order chi connectivity index (χ1) is 12.7. The Kier molecular flexibility index (Phi) is 4.97. The molecule has 3 rings (SSSR count). The largest absolute Gasteiger partial charge is 0.460 e. The van der Waals surface area contributed by atoms with Gasteiger partial charge in [-0.25, -0.2) is 13.2 Å². The van der Waals surface area contributed by atoms with E-state index in [9.17, 15) is 13.2 Å². The van der Waals surface area contributed by atoms with Crippen molar-refractivity contribution in [1.29, 1.82) is 0 Å². The number of rotatable bonds is 5. The number of carbonyl (C=O) groups is 1. The average molecular weight is 387 g/mol. The Morgan fingerprint density at radius 1 is 1.11 bits per heavy atom. The summed E-state index contributed by atoms with van der Waals surface area (Å²) in [5, 5.41) is 0.509. The molecule has 0 amide bonds. The van der Waals surface area contributed by atoms with E-state index >= 15 is 0 Å². The van der Waals surface area contributed by atoms with Gasteiger partial charge in [-0.1, -0.05) is 18.2 Å². The van der Waals surface area contributed by atoms with Crippen LogP contribution in [-0.4, -0.2) is 20.5 Å². The molecule has 0 saturated carbocycles. The number of carbonyl (C=O) groups excluding carboxylic acids is 1. The molecule has 142 valence electrons. The number of ether oxygens (including phenoxy) is 1. The van der Waals surface area contributed by atoms with Gasteiger partial charge in [0.25, 0.3) is 10.0 Å². The van der Waals surface area contributed by atoms with E-state index in [0.29, 0.717) is 33.5 Å². The summed E-state index contributed by atoms with van der Waals surface area (Å²) in [5.41, 5.74) is 1.87. The summed E-state index contributed by atoms with van der Waals surface area (Å²) in [6.07, 6.45) is -0.275. The predicted octanol–water partition coefficient (Wildman–Crippen LogP) is 4.42. The zero-order chi connectivity index (χ0) is 19.8. The Bertz CT molecular complexity index is 1100. The quantitative estimate of drug-likeness (QED) is 0.655. The molecule has 0 saturated heterocycles. The van der Waals surface area contributed by atoms with Gasteiger partial charge in [-0.05, 0) is 57.5 Å². The summed E-state index contributed by atoms with van der Waals surface area (Å²) in [6.45, 7) is 6.98. The van der Waals surface area contributed by atoms with Crippen LogP contribution in [0.25, 0.3) is 11.0 Å². The summed E-state index contributed by atoms with van der Waals surface area (Å²) in [4.78, 5) is 12.6. The molecule has 2 aromatic carbocycles. The number of benzene rings is 2. The van der Waals surface area contributed by atoms with Crippen LogP contribution < -0.4 is 4.72 Å². The first-order valence-corrected chi connectivity index (χ1v) is 10.00. The Hall–Kier alpha value is -2.80. The highest BCUT2D eigenvalue weighted by Gasteiger charge is 2.23. The van der Waals surface area contributed by atoms with E-state index in [2.05, 4.69) is 4.72 Å². The van der Waals surface area contributed by atoms with Crippen LogP contribution in [0.4, 0.5) is 5.69 Å². The van der Waals surface area contributed by atoms with Gasteiger partial charge in [-0.2, -0.15) is 0 Å². The van der Waals surface area contributed by atoms with Gasteiger partial charge < -0.3 is 9.15 Å². The van der Waals surface area contributed by atoms with Crippen LogP contribution in [0.3, 0.4) is 0 Å². The van der Waals surface area contributed by atoms with Gasteiger partial charge in [0.15, 0.2) is 0 Å². The molecule has 0 aliphatic heterocycles. The van der Waals surface area contributed by atoms with Gasteiger partial charge in [0.05, 0.1) is 16.7 Å². The van der Waals surface area contributed by atoms with Crippen molar-refractivity contribution >= 4 is 32.6 Å². The predicted molar refractivity (Wildman–Crippen MR) is 103 cm³/mol. The van der Waals surface area contributed by atoms with Crippen molar-refractivity contribution in [2.24, 2.45) is 0 Å². The maximum absolute atomic E-state index is 12.6. The van der Waals surface area contributed by atoms with Gasteiger partial charge in [0, 0.05) is 5.39 Å². The number of furan rings is 1. The number of sulfonamides is 1. The van der Waals surface area contributed by atoms with Gasteiger partial charge in [-0.15, -0.1) is 0 Å². The normalized spacial score (nSPS) is 11.7. The third-order valence-electron chi connectivity index (χ3n) is 4.06. The molecule has 0 unspecified atom stereocenters. The second-order valence-electron chi connectivity index (χ2n) is 6.57. The second kappa shape index (κ2) is 7.08. The van der Waals surface area contributed by atoms with Crippen molar-refractivity contribution in [2.45, 2.75) is 38.7 Å². The number of nitrogens with one attached hydrogen (secondary N) is 1. The number of hydrogen-bond acceptors (Lipinski definition) is 5. The molecule has 1 heterocycles. The summed E-state index contributed by atoms with van der Waals surface area (Å²) in [6, 6.07) is 11.4. The minimum atomic E-state index is -3.75. The zero-order valence-electron chi connectivity index (χ0n) is 15.6. The molecule has 0 aliphatic rings. The number of fused-ring (bicyclic) bond motifs is 1. The highest BCUT2D eigenvalue weighted by molar-refractivity contribution is 7.92. The zero-order valence-corrected chi connectivity index (χ0v) is 16.4. The molecule has 0 radical (unpaired) electrons. The molecule has 0 bridgehead atoms. The van der Waals surface area contributed by atoms with E-state index in [4.69, 9.17) is 9.15 Å². The fraction of sp³-hybridized carbons (Fsp3) is 0.250. The van der Waals surface area contributed by atoms with Gasteiger partial charge in [-0.3, -0.25) is 4.72 Å². The average Bonchev–Trinajstić information content (AvgIpc) is 2.90. The number of aryl methyl sites for hydroxylation is 2. The van der Waals surface area contributed by atoms with Crippen molar-refractivity contribution in [2.75, 3.05) is 4.72 Å². The molecule has 1 N–H and O–H groups in total. The van der Waals surface area contributed by atoms with Crippen LogP contribution in [0, 0.1) is 13.8 Å².